The number of nitrogens with two attached hydrogens (primary N) is 1. The molecule has 0 atom stereocenters. The summed E-state index contributed by atoms with van der Waals surface area (Å²) in [6, 6.07) is 8.97. The third-order valence-corrected chi connectivity index (χ3v) is 5.49. The molecule has 0 aromatic heterocycles. The number of halogens is 2. The molecule has 0 amide bonds. The van der Waals surface area contributed by atoms with Crippen LogP contribution < -0.4 is 5.14 Å². The van der Waals surface area contributed by atoms with Crippen molar-refractivity contribution < 1.29 is 17.2 Å². The number of primary sulfonamides is 1. The SMILES string of the molecule is Cc1cc(C2=C(c3cc(F)c(S(N)(=O)=O)cc3F)CCC2)ccc1C#N. The topological polar surface area (TPSA) is 84.0 Å². The Morgan fingerprint density at radius 2 is 1.77 bits per heavy atom. The Kier molecular flexibility index (Phi) is 4.65. The lowest BCUT2D eigenvalue weighted by atomic mass is 9.94. The molecule has 7 heteroatoms. The molecule has 0 saturated heterocycles. The third kappa shape index (κ3) is 3.26. The van der Waals surface area contributed by atoms with Gasteiger partial charge in [0.15, 0.2) is 0 Å². The first-order valence-corrected chi connectivity index (χ1v) is 9.52. The summed E-state index contributed by atoms with van der Waals surface area (Å²) in [5, 5.41) is 14.0. The monoisotopic (exact) mass is 374 g/mol. The van der Waals surface area contributed by atoms with E-state index in [1.54, 1.807) is 12.1 Å². The fourth-order valence-corrected chi connectivity index (χ4v) is 3.91. The maximum atomic E-state index is 14.5. The van der Waals surface area contributed by atoms with Crippen molar-refractivity contribution in [3.05, 3.63) is 64.2 Å². The third-order valence-electron chi connectivity index (χ3n) is 4.57. The lowest BCUT2D eigenvalue weighted by Crippen LogP contribution is -2.15. The first kappa shape index (κ1) is 18.2. The van der Waals surface area contributed by atoms with Crippen LogP contribution in [0.25, 0.3) is 11.1 Å². The summed E-state index contributed by atoms with van der Waals surface area (Å²) in [4.78, 5) is -0.854. The van der Waals surface area contributed by atoms with E-state index in [1.807, 2.05) is 13.0 Å². The first-order valence-electron chi connectivity index (χ1n) is 7.97. The van der Waals surface area contributed by atoms with Gasteiger partial charge in [0.05, 0.1) is 11.6 Å². The summed E-state index contributed by atoms with van der Waals surface area (Å²) in [5.41, 5.74) is 3.78. The van der Waals surface area contributed by atoms with Crippen molar-refractivity contribution >= 4 is 21.2 Å². The van der Waals surface area contributed by atoms with Crippen molar-refractivity contribution in [3.63, 3.8) is 0 Å². The van der Waals surface area contributed by atoms with Crippen LogP contribution in [0.3, 0.4) is 0 Å². The Morgan fingerprint density at radius 1 is 1.08 bits per heavy atom. The van der Waals surface area contributed by atoms with E-state index in [1.165, 1.54) is 0 Å². The summed E-state index contributed by atoms with van der Waals surface area (Å²) in [6.45, 7) is 1.82. The Labute approximate surface area is 150 Å². The van der Waals surface area contributed by atoms with Crippen LogP contribution in [0, 0.1) is 29.9 Å². The highest BCUT2D eigenvalue weighted by atomic mass is 32.2. The van der Waals surface area contributed by atoms with Crippen LogP contribution in [0.4, 0.5) is 8.78 Å². The second-order valence-corrected chi connectivity index (χ2v) is 7.79. The average Bonchev–Trinajstić information content (AvgIpc) is 3.05. The largest absolute Gasteiger partial charge is 0.241 e. The number of nitriles is 1. The minimum atomic E-state index is -4.34. The van der Waals surface area contributed by atoms with Gasteiger partial charge in [0.1, 0.15) is 16.5 Å². The van der Waals surface area contributed by atoms with Gasteiger partial charge in [-0.15, -0.1) is 0 Å². The Hall–Kier alpha value is -2.56. The van der Waals surface area contributed by atoms with Gasteiger partial charge >= 0.3 is 0 Å². The minimum Gasteiger partial charge on any atom is -0.225 e. The quantitative estimate of drug-likeness (QED) is 0.885. The van der Waals surface area contributed by atoms with Crippen LogP contribution in [0.1, 0.15) is 41.5 Å². The van der Waals surface area contributed by atoms with E-state index in [4.69, 9.17) is 10.4 Å². The van der Waals surface area contributed by atoms with E-state index in [-0.39, 0.29) is 5.56 Å². The van der Waals surface area contributed by atoms with Crippen LogP contribution in [0.2, 0.25) is 0 Å². The Morgan fingerprint density at radius 3 is 2.38 bits per heavy atom. The molecule has 0 bridgehead atoms. The molecule has 4 nitrogen and oxygen atoms in total. The zero-order chi connectivity index (χ0) is 19.1. The zero-order valence-electron chi connectivity index (χ0n) is 14.0. The van der Waals surface area contributed by atoms with Gasteiger partial charge in [-0.2, -0.15) is 5.26 Å². The summed E-state index contributed by atoms with van der Waals surface area (Å²) in [5.74, 6) is -1.89. The fourth-order valence-electron chi connectivity index (χ4n) is 3.31. The molecule has 134 valence electrons. The first-order chi connectivity index (χ1) is 12.2. The van der Waals surface area contributed by atoms with Crippen molar-refractivity contribution in [2.24, 2.45) is 5.14 Å². The second-order valence-electron chi connectivity index (χ2n) is 6.26. The highest BCUT2D eigenvalue weighted by Crippen LogP contribution is 2.41. The molecular formula is C19H16F2N2O2S. The highest BCUT2D eigenvalue weighted by Gasteiger charge is 2.24. The van der Waals surface area contributed by atoms with Crippen molar-refractivity contribution in [3.8, 4) is 6.07 Å². The molecule has 0 unspecified atom stereocenters. The number of rotatable bonds is 3. The number of aryl methyl sites for hydroxylation is 1. The number of sulfonamides is 1. The van der Waals surface area contributed by atoms with Crippen LogP contribution in [0.15, 0.2) is 35.2 Å². The summed E-state index contributed by atoms with van der Waals surface area (Å²) >= 11 is 0. The highest BCUT2D eigenvalue weighted by molar-refractivity contribution is 7.89. The average molecular weight is 374 g/mol. The van der Waals surface area contributed by atoms with E-state index in [0.717, 1.165) is 29.2 Å². The van der Waals surface area contributed by atoms with E-state index < -0.39 is 26.6 Å². The smallest absolute Gasteiger partial charge is 0.225 e. The van der Waals surface area contributed by atoms with Gasteiger partial charge in [-0.25, -0.2) is 22.3 Å². The molecular weight excluding hydrogens is 358 g/mol. The van der Waals surface area contributed by atoms with E-state index in [2.05, 4.69) is 6.07 Å². The number of hydrogen-bond donors (Lipinski definition) is 1. The molecule has 1 aliphatic carbocycles. The van der Waals surface area contributed by atoms with Crippen molar-refractivity contribution in [2.75, 3.05) is 0 Å². The van der Waals surface area contributed by atoms with Crippen molar-refractivity contribution in [1.29, 1.82) is 5.26 Å². The van der Waals surface area contributed by atoms with E-state index in [0.29, 0.717) is 30.0 Å². The Balaban J connectivity index is 2.16. The van der Waals surface area contributed by atoms with Crippen LogP contribution >= 0.6 is 0 Å². The number of allylic oxidation sites excluding steroid dienone is 2. The van der Waals surface area contributed by atoms with Gasteiger partial charge in [0.2, 0.25) is 10.0 Å². The summed E-state index contributed by atoms with van der Waals surface area (Å²) in [6.07, 6.45) is 2.03. The molecule has 0 heterocycles. The molecule has 2 N–H and O–H groups in total. The summed E-state index contributed by atoms with van der Waals surface area (Å²) < 4.78 is 51.4. The Bertz CT molecular complexity index is 1080. The van der Waals surface area contributed by atoms with Gasteiger partial charge in [-0.3, -0.25) is 0 Å². The molecule has 2 aromatic carbocycles. The number of nitrogens with zero attached hydrogens (tertiary/aromatic N) is 1. The molecule has 1 aliphatic rings. The molecule has 26 heavy (non-hydrogen) atoms. The van der Waals surface area contributed by atoms with Crippen molar-refractivity contribution in [1.82, 2.24) is 0 Å². The fraction of sp³-hybridized carbons (Fsp3) is 0.211. The standard InChI is InChI=1S/C19H16F2N2O2S/c1-11-7-12(5-6-13(11)10-22)14-3-2-4-15(14)16-8-18(21)19(9-17(16)20)26(23,24)25/h5-9H,2-4H2,1H3,(H2,23,24,25). The molecule has 0 saturated carbocycles. The van der Waals surface area contributed by atoms with Crippen LogP contribution in [-0.4, -0.2) is 8.42 Å². The zero-order valence-corrected chi connectivity index (χ0v) is 14.8. The number of hydrogen-bond acceptors (Lipinski definition) is 3. The molecule has 2 aromatic rings. The van der Waals surface area contributed by atoms with Gasteiger partial charge in [0, 0.05) is 5.56 Å². The molecule has 3 rings (SSSR count). The maximum Gasteiger partial charge on any atom is 0.241 e. The second kappa shape index (κ2) is 6.63. The molecule has 0 spiro atoms. The summed E-state index contributed by atoms with van der Waals surface area (Å²) in [7, 11) is -4.34. The lowest BCUT2D eigenvalue weighted by molar-refractivity contribution is 0.552. The molecule has 0 radical (unpaired) electrons. The van der Waals surface area contributed by atoms with Gasteiger partial charge in [0.25, 0.3) is 0 Å². The van der Waals surface area contributed by atoms with E-state index >= 15 is 0 Å². The van der Waals surface area contributed by atoms with Crippen LogP contribution in [-0.2, 0) is 10.0 Å². The van der Waals surface area contributed by atoms with Gasteiger partial charge in [-0.1, -0.05) is 12.1 Å². The van der Waals surface area contributed by atoms with Crippen molar-refractivity contribution in [2.45, 2.75) is 31.1 Å². The predicted molar refractivity (Wildman–Crippen MR) is 94.3 cm³/mol. The number of benzene rings is 2. The van der Waals surface area contributed by atoms with Gasteiger partial charge in [-0.05, 0) is 66.7 Å². The van der Waals surface area contributed by atoms with Gasteiger partial charge < -0.3 is 0 Å². The minimum absolute atomic E-state index is 0.0458. The normalized spacial score (nSPS) is 14.6. The predicted octanol–water partition coefficient (Wildman–Crippen LogP) is 3.89. The lowest BCUT2D eigenvalue weighted by Gasteiger charge is -2.12. The maximum absolute atomic E-state index is 14.5. The van der Waals surface area contributed by atoms with E-state index in [9.17, 15) is 17.2 Å². The molecule has 0 aliphatic heterocycles. The molecule has 0 fully saturated rings. The van der Waals surface area contributed by atoms with Crippen LogP contribution in [0.5, 0.6) is 0 Å².